The number of aromatic hydroxyl groups is 2. The van der Waals surface area contributed by atoms with Gasteiger partial charge in [-0.1, -0.05) is 0 Å². The Labute approximate surface area is 243 Å². The molecule has 3 heterocycles. The van der Waals surface area contributed by atoms with Gasteiger partial charge < -0.3 is 79.9 Å². The number of hydrogen-bond donors (Lipinski definition) is 11. The fraction of sp³-hybridized carbons (Fsp3) is 0.481. The molecule has 0 aromatic heterocycles. The number of aliphatic hydroxyl groups excluding tert-OH is 9. The molecule has 0 amide bonds. The Morgan fingerprint density at radius 3 is 1.84 bits per heavy atom. The molecule has 1 unspecified atom stereocenters. The van der Waals surface area contributed by atoms with E-state index in [1.165, 1.54) is 24.3 Å². The Morgan fingerprint density at radius 2 is 1.28 bits per heavy atom. The predicted molar refractivity (Wildman–Crippen MR) is 139 cm³/mol. The largest absolute Gasteiger partial charge is 0.571 e. The van der Waals surface area contributed by atoms with E-state index in [9.17, 15) is 56.2 Å². The Balaban J connectivity index is 1.46. The summed E-state index contributed by atoms with van der Waals surface area (Å²) in [7, 11) is 0. The fourth-order valence-electron chi connectivity index (χ4n) is 4.98. The number of benzene rings is 1. The van der Waals surface area contributed by atoms with Gasteiger partial charge in [0.25, 0.3) is 0 Å². The van der Waals surface area contributed by atoms with Gasteiger partial charge in [-0.05, 0) is 12.1 Å². The maximum Gasteiger partial charge on any atom is 0.305 e. The second-order valence-corrected chi connectivity index (χ2v) is 10.3. The molecule has 0 spiro atoms. The lowest BCUT2D eigenvalue weighted by molar-refractivity contribution is -0.291. The van der Waals surface area contributed by atoms with E-state index in [0.29, 0.717) is 0 Å². The lowest BCUT2D eigenvalue weighted by Crippen LogP contribution is -2.59. The van der Waals surface area contributed by atoms with Crippen molar-refractivity contribution in [1.82, 2.24) is 0 Å². The minimum atomic E-state index is -1.77. The summed E-state index contributed by atoms with van der Waals surface area (Å²) in [6.45, 7) is -1.39. The molecule has 12 N–H and O–H groups in total. The molecule has 16 heteroatoms. The molecule has 2 saturated heterocycles. The standard InChI is InChI=1S/C27H32O16/c28-7-17-19(33)21(35)23(37)26(42-17)39-10-4-13(31)11-6-16(41-27-24(38)22(36)20(34)18(8-29)43-27)25(40-15(11)5-10)9-1-2-12(30)14(32)3-9/h1-6,15,17-24,26-38H,7-8H2/p+1/t15?,17-,18-,19-,20-,21+,22+,23-,24-,26-,27-/m1/s1. The van der Waals surface area contributed by atoms with Crippen molar-refractivity contribution in [2.75, 3.05) is 13.2 Å². The molecule has 2 fully saturated rings. The smallest absolute Gasteiger partial charge is 0.305 e. The van der Waals surface area contributed by atoms with Crippen LogP contribution in [0.5, 0.6) is 11.5 Å². The second kappa shape index (κ2) is 12.3. The Morgan fingerprint density at radius 1 is 0.698 bits per heavy atom. The molecule has 3 aliphatic heterocycles. The van der Waals surface area contributed by atoms with Crippen LogP contribution in [0.3, 0.4) is 0 Å². The SMILES string of the molecule is OC[C@H]1O[C@@H](OC2=CC3[OH+]C(c4ccc(O)c(O)c4)=C(O[C@@H]4O[C@H](CO)[C@@H](O)[C@H](O)[C@H]4O)C=C3C(O)=C2)[C@H](O)[C@@H](O)[C@@H]1O. The van der Waals surface area contributed by atoms with E-state index in [2.05, 4.69) is 4.74 Å². The van der Waals surface area contributed by atoms with Gasteiger partial charge in [-0.3, -0.25) is 0 Å². The molecule has 43 heavy (non-hydrogen) atoms. The van der Waals surface area contributed by atoms with Gasteiger partial charge in [-0.25, -0.2) is 0 Å². The first-order valence-corrected chi connectivity index (χ1v) is 13.2. The summed E-state index contributed by atoms with van der Waals surface area (Å²) >= 11 is 0. The molecule has 1 aromatic rings. The van der Waals surface area contributed by atoms with Gasteiger partial charge >= 0.3 is 5.76 Å². The number of allylic oxidation sites excluding steroid dienone is 2. The number of hydrogen-bond acceptors (Lipinski definition) is 15. The Bertz CT molecular complexity index is 1320. The normalized spacial score (nSPS) is 37.9. The summed E-state index contributed by atoms with van der Waals surface area (Å²) < 4.78 is 26.8. The molecule has 0 saturated carbocycles. The van der Waals surface area contributed by atoms with Gasteiger partial charge in [0.1, 0.15) is 60.4 Å². The van der Waals surface area contributed by atoms with E-state index in [1.54, 1.807) is 0 Å². The molecule has 0 radical (unpaired) electrons. The third-order valence-electron chi connectivity index (χ3n) is 7.44. The van der Waals surface area contributed by atoms with Crippen molar-refractivity contribution in [1.29, 1.82) is 0 Å². The van der Waals surface area contributed by atoms with Gasteiger partial charge in [0.15, 0.2) is 11.5 Å². The average molecular weight is 614 g/mol. The average Bonchev–Trinajstić information content (AvgIpc) is 2.99. The van der Waals surface area contributed by atoms with Crippen LogP contribution in [0.15, 0.2) is 59.3 Å². The van der Waals surface area contributed by atoms with Crippen LogP contribution >= 0.6 is 0 Å². The van der Waals surface area contributed by atoms with Crippen molar-refractivity contribution in [3.05, 3.63) is 64.8 Å². The lowest BCUT2D eigenvalue weighted by Gasteiger charge is -2.40. The van der Waals surface area contributed by atoms with E-state index >= 15 is 0 Å². The summed E-state index contributed by atoms with van der Waals surface area (Å²) in [6.07, 6.45) is -13.0. The van der Waals surface area contributed by atoms with Gasteiger partial charge in [0.2, 0.25) is 24.4 Å². The Hall–Kier alpha value is -3.42. The van der Waals surface area contributed by atoms with Gasteiger partial charge in [-0.2, -0.15) is 0 Å². The molecule has 1 aliphatic carbocycles. The first kappa shape index (κ1) is 31.0. The van der Waals surface area contributed by atoms with E-state index in [0.717, 1.165) is 12.1 Å². The van der Waals surface area contributed by atoms with Crippen molar-refractivity contribution < 1.29 is 79.9 Å². The maximum atomic E-state index is 10.9. The third kappa shape index (κ3) is 5.89. The van der Waals surface area contributed by atoms with E-state index in [-0.39, 0.29) is 28.4 Å². The quantitative estimate of drug-likeness (QED) is 0.106. The number of ether oxygens (including phenoxy) is 5. The zero-order valence-corrected chi connectivity index (χ0v) is 22.2. The number of phenolic OH excluding ortho intramolecular Hbond substituents is 2. The molecular formula is C27H33O16+. The highest BCUT2D eigenvalue weighted by Gasteiger charge is 2.47. The van der Waals surface area contributed by atoms with Crippen LogP contribution in [0.4, 0.5) is 0 Å². The molecule has 1 aromatic carbocycles. The van der Waals surface area contributed by atoms with Crippen LogP contribution in [-0.2, 0) is 18.9 Å². The van der Waals surface area contributed by atoms with Crippen LogP contribution in [0.25, 0.3) is 5.76 Å². The van der Waals surface area contributed by atoms with Crippen molar-refractivity contribution in [2.24, 2.45) is 0 Å². The highest BCUT2D eigenvalue weighted by Crippen LogP contribution is 2.39. The van der Waals surface area contributed by atoms with Crippen molar-refractivity contribution in [3.8, 4) is 11.5 Å². The van der Waals surface area contributed by atoms with E-state index < -0.39 is 98.0 Å². The monoisotopic (exact) mass is 613 g/mol. The molecule has 5 rings (SSSR count). The van der Waals surface area contributed by atoms with Gasteiger partial charge in [0, 0.05) is 18.2 Å². The summed E-state index contributed by atoms with van der Waals surface area (Å²) in [5.41, 5.74) is 0.344. The Kier molecular flexibility index (Phi) is 8.87. The number of phenols is 2. The minimum Gasteiger partial charge on any atom is -0.571 e. The van der Waals surface area contributed by atoms with Crippen LogP contribution in [-0.4, -0.2) is 142 Å². The topological polar surface area (TPSA) is 272 Å². The van der Waals surface area contributed by atoms with Crippen LogP contribution in [0.1, 0.15) is 5.56 Å². The summed E-state index contributed by atoms with van der Waals surface area (Å²) in [4.78, 5) is 0. The molecule has 236 valence electrons. The fourth-order valence-corrected chi connectivity index (χ4v) is 4.98. The summed E-state index contributed by atoms with van der Waals surface area (Å²) in [5.74, 6) is -1.51. The van der Waals surface area contributed by atoms with Crippen molar-refractivity contribution >= 4 is 5.76 Å². The second-order valence-electron chi connectivity index (χ2n) is 10.3. The minimum absolute atomic E-state index is 0.0131. The predicted octanol–water partition coefficient (Wildman–Crippen LogP) is -3.42. The van der Waals surface area contributed by atoms with E-state index in [4.69, 9.17) is 18.9 Å². The first-order chi connectivity index (χ1) is 20.4. The first-order valence-electron chi connectivity index (χ1n) is 13.2. The lowest BCUT2D eigenvalue weighted by atomic mass is 9.96. The highest BCUT2D eigenvalue weighted by molar-refractivity contribution is 5.69. The van der Waals surface area contributed by atoms with Crippen molar-refractivity contribution in [2.45, 2.75) is 67.5 Å². The number of fused-ring (bicyclic) bond motifs is 1. The molecule has 16 nitrogen and oxygen atoms in total. The zero-order valence-electron chi connectivity index (χ0n) is 22.2. The molecular weight excluding hydrogens is 580 g/mol. The number of rotatable bonds is 7. The number of aliphatic hydroxyl groups is 11. The maximum absolute atomic E-state index is 10.9. The molecule has 4 aliphatic rings. The molecule has 11 atom stereocenters. The highest BCUT2D eigenvalue weighted by atomic mass is 16.7. The van der Waals surface area contributed by atoms with Crippen LogP contribution in [0, 0.1) is 0 Å². The van der Waals surface area contributed by atoms with E-state index in [1.807, 2.05) is 0 Å². The molecule has 0 bridgehead atoms. The zero-order chi connectivity index (χ0) is 31.2. The van der Waals surface area contributed by atoms with Crippen LogP contribution in [0.2, 0.25) is 0 Å². The van der Waals surface area contributed by atoms with Crippen molar-refractivity contribution in [3.63, 3.8) is 0 Å². The third-order valence-corrected chi connectivity index (χ3v) is 7.44. The summed E-state index contributed by atoms with van der Waals surface area (Å²) in [5, 5.41) is 111. The van der Waals surface area contributed by atoms with Gasteiger partial charge in [-0.15, -0.1) is 0 Å². The van der Waals surface area contributed by atoms with Gasteiger partial charge in [0.05, 0.1) is 30.4 Å². The summed E-state index contributed by atoms with van der Waals surface area (Å²) in [6, 6.07) is 3.73. The van der Waals surface area contributed by atoms with Crippen LogP contribution < -0.4 is 0 Å².